The summed E-state index contributed by atoms with van der Waals surface area (Å²) in [6.07, 6.45) is 0. The minimum atomic E-state index is 0. The minimum absolute atomic E-state index is 0. The fraction of sp³-hybridized carbons (Fsp3) is 0.0526. The van der Waals surface area contributed by atoms with Crippen molar-refractivity contribution < 1.29 is 52.8 Å². The summed E-state index contributed by atoms with van der Waals surface area (Å²) < 4.78 is 0. The Bertz CT molecular complexity index is 530. The Morgan fingerprint density at radius 1 is 0.450 bits per heavy atom. The van der Waals surface area contributed by atoms with Crippen LogP contribution in [-0.2, 0) is 0 Å². The number of rotatable bonds is 3. The van der Waals surface area contributed by atoms with Crippen LogP contribution in [-0.4, -0.2) is 0 Å². The molecule has 0 aliphatic carbocycles. The van der Waals surface area contributed by atoms with Gasteiger partial charge in [0.2, 0.25) is 0 Å². The van der Waals surface area contributed by atoms with E-state index in [0.717, 1.165) is 0 Å². The van der Waals surface area contributed by atoms with Crippen LogP contribution in [0.25, 0.3) is 0 Å². The summed E-state index contributed by atoms with van der Waals surface area (Å²) in [5, 5.41) is 0. The Kier molecular flexibility index (Phi) is 6.21. The van der Waals surface area contributed by atoms with E-state index in [1.54, 1.807) is 0 Å². The quantitative estimate of drug-likeness (QED) is 0.510. The largest absolute Gasteiger partial charge is 1.00 e. The second kappa shape index (κ2) is 7.92. The summed E-state index contributed by atoms with van der Waals surface area (Å²) >= 11 is 0. The average Bonchev–Trinajstić information content (AvgIpc) is 2.51. The van der Waals surface area contributed by atoms with Gasteiger partial charge in [0, 0.05) is 5.92 Å². The molecule has 0 aromatic heterocycles. The Morgan fingerprint density at radius 3 is 0.950 bits per heavy atom. The number of hydrogen-bond donors (Lipinski definition) is 0. The molecule has 0 aliphatic rings. The molecule has 3 rings (SSSR count). The van der Waals surface area contributed by atoms with E-state index in [2.05, 4.69) is 91.0 Å². The molecule has 0 bridgehead atoms. The molecule has 20 heavy (non-hydrogen) atoms. The fourth-order valence-electron chi connectivity index (χ4n) is 2.51. The van der Waals surface area contributed by atoms with Gasteiger partial charge in [0.1, 0.15) is 0 Å². The van der Waals surface area contributed by atoms with Crippen LogP contribution in [0, 0.1) is 0 Å². The third-order valence-electron chi connectivity index (χ3n) is 3.40. The molecule has 0 atom stereocenters. The van der Waals surface area contributed by atoms with Crippen LogP contribution < -0.4 is 51.4 Å². The van der Waals surface area contributed by atoms with E-state index in [-0.39, 0.29) is 52.8 Å². The van der Waals surface area contributed by atoms with E-state index in [4.69, 9.17) is 0 Å². The van der Waals surface area contributed by atoms with Crippen LogP contribution in [0.4, 0.5) is 0 Å². The van der Waals surface area contributed by atoms with Gasteiger partial charge in [-0.25, -0.2) is 0 Å². The van der Waals surface area contributed by atoms with Crippen LogP contribution in [0.2, 0.25) is 0 Å². The molecule has 0 heterocycles. The maximum Gasteiger partial charge on any atom is 1.00 e. The summed E-state index contributed by atoms with van der Waals surface area (Å²) in [4.78, 5) is 0. The molecule has 3 aromatic carbocycles. The standard InChI is InChI=1S/C19H16.K.H/c1-4-10-16(11-5-1)19(17-12-6-2-7-13-17)18-14-8-3-9-15-18;;/h1-15,19H;;/q;+1;-1. The smallest absolute Gasteiger partial charge is 1.00 e. The van der Waals surface area contributed by atoms with E-state index in [9.17, 15) is 0 Å². The molecule has 94 valence electrons. The van der Waals surface area contributed by atoms with E-state index in [1.807, 2.05) is 0 Å². The molecule has 0 spiro atoms. The zero-order valence-electron chi connectivity index (χ0n) is 12.7. The van der Waals surface area contributed by atoms with Gasteiger partial charge in [-0.05, 0) is 16.7 Å². The molecule has 0 unspecified atom stereocenters. The first-order chi connectivity index (χ1) is 9.45. The molecular weight excluding hydrogens is 267 g/mol. The summed E-state index contributed by atoms with van der Waals surface area (Å²) in [6, 6.07) is 32.0. The number of benzene rings is 3. The molecule has 0 N–H and O–H groups in total. The summed E-state index contributed by atoms with van der Waals surface area (Å²) in [5.41, 5.74) is 4.00. The van der Waals surface area contributed by atoms with Crippen molar-refractivity contribution in [2.75, 3.05) is 0 Å². The van der Waals surface area contributed by atoms with Gasteiger partial charge in [0.15, 0.2) is 0 Å². The monoisotopic (exact) mass is 284 g/mol. The topological polar surface area (TPSA) is 0 Å². The Morgan fingerprint density at radius 2 is 0.700 bits per heavy atom. The Labute approximate surface area is 164 Å². The predicted molar refractivity (Wildman–Crippen MR) is 81.4 cm³/mol. The zero-order valence-corrected chi connectivity index (χ0v) is 14.9. The molecule has 0 aliphatic heterocycles. The number of hydrogen-bond acceptors (Lipinski definition) is 0. The molecule has 0 amide bonds. The third-order valence-corrected chi connectivity index (χ3v) is 3.40. The normalized spacial score (nSPS) is 10.1. The first-order valence-electron chi connectivity index (χ1n) is 6.60. The van der Waals surface area contributed by atoms with Gasteiger partial charge in [-0.15, -0.1) is 0 Å². The van der Waals surface area contributed by atoms with Crippen LogP contribution in [0.15, 0.2) is 91.0 Å². The predicted octanol–water partition coefficient (Wildman–Crippen LogP) is 1.98. The van der Waals surface area contributed by atoms with E-state index in [0.29, 0.717) is 5.92 Å². The van der Waals surface area contributed by atoms with Crippen molar-refractivity contribution in [3.8, 4) is 0 Å². The van der Waals surface area contributed by atoms with Crippen LogP contribution >= 0.6 is 0 Å². The molecule has 1 heteroatoms. The van der Waals surface area contributed by atoms with Crippen molar-refractivity contribution in [1.29, 1.82) is 0 Å². The summed E-state index contributed by atoms with van der Waals surface area (Å²) in [5.74, 6) is 0.309. The van der Waals surface area contributed by atoms with E-state index in [1.165, 1.54) is 16.7 Å². The summed E-state index contributed by atoms with van der Waals surface area (Å²) in [7, 11) is 0. The van der Waals surface area contributed by atoms with Gasteiger partial charge in [0.05, 0.1) is 0 Å². The molecule has 0 saturated heterocycles. The average molecular weight is 284 g/mol. The minimum Gasteiger partial charge on any atom is -1.00 e. The van der Waals surface area contributed by atoms with E-state index < -0.39 is 0 Å². The molecule has 3 aromatic rings. The zero-order chi connectivity index (χ0) is 12.9. The van der Waals surface area contributed by atoms with Crippen LogP contribution in [0.3, 0.4) is 0 Å². The Balaban J connectivity index is 0.00000110. The van der Waals surface area contributed by atoms with Gasteiger partial charge in [-0.1, -0.05) is 91.0 Å². The van der Waals surface area contributed by atoms with Crippen LogP contribution in [0.1, 0.15) is 24.0 Å². The van der Waals surface area contributed by atoms with E-state index >= 15 is 0 Å². The van der Waals surface area contributed by atoms with Crippen molar-refractivity contribution in [3.63, 3.8) is 0 Å². The molecular formula is C19H17K. The second-order valence-corrected chi connectivity index (χ2v) is 4.67. The third kappa shape index (κ3) is 3.69. The van der Waals surface area contributed by atoms with Crippen molar-refractivity contribution in [3.05, 3.63) is 108 Å². The fourth-order valence-corrected chi connectivity index (χ4v) is 2.51. The molecule has 0 radical (unpaired) electrons. The molecule has 0 saturated carbocycles. The van der Waals surface area contributed by atoms with Crippen molar-refractivity contribution >= 4 is 0 Å². The SMILES string of the molecule is [H-].[K+].c1ccc(C(c2ccccc2)c2ccccc2)cc1. The van der Waals surface area contributed by atoms with Crippen molar-refractivity contribution in [2.45, 2.75) is 5.92 Å². The summed E-state index contributed by atoms with van der Waals surface area (Å²) in [6.45, 7) is 0. The maximum absolute atomic E-state index is 2.20. The molecule has 0 fully saturated rings. The van der Waals surface area contributed by atoms with Gasteiger partial charge in [-0.3, -0.25) is 0 Å². The van der Waals surface area contributed by atoms with Gasteiger partial charge >= 0.3 is 51.4 Å². The Hall–Kier alpha value is -0.704. The van der Waals surface area contributed by atoms with Gasteiger partial charge in [-0.2, -0.15) is 0 Å². The van der Waals surface area contributed by atoms with Gasteiger partial charge in [0.25, 0.3) is 0 Å². The van der Waals surface area contributed by atoms with Crippen molar-refractivity contribution in [2.24, 2.45) is 0 Å². The molecule has 0 nitrogen and oxygen atoms in total. The maximum atomic E-state index is 2.20. The van der Waals surface area contributed by atoms with Crippen molar-refractivity contribution in [1.82, 2.24) is 0 Å². The second-order valence-electron chi connectivity index (χ2n) is 4.67. The van der Waals surface area contributed by atoms with Crippen LogP contribution in [0.5, 0.6) is 0 Å². The first-order valence-corrected chi connectivity index (χ1v) is 6.60. The van der Waals surface area contributed by atoms with Gasteiger partial charge < -0.3 is 1.43 Å². The first kappa shape index (κ1) is 15.7.